The largest absolute Gasteiger partial charge is 0.223 e. The Balaban J connectivity index is 2.61. The summed E-state index contributed by atoms with van der Waals surface area (Å²) >= 11 is 0. The highest BCUT2D eigenvalue weighted by Gasteiger charge is 2.08. The molecule has 0 aliphatic heterocycles. The molecule has 1 aromatic carbocycles. The molecule has 0 unspecified atom stereocenters. The Labute approximate surface area is 79.2 Å². The van der Waals surface area contributed by atoms with E-state index in [-0.39, 0.29) is 11.3 Å². The molecule has 2 aromatic rings. The second-order valence-electron chi connectivity index (χ2n) is 2.59. The van der Waals surface area contributed by atoms with Crippen molar-refractivity contribution in [2.45, 2.75) is 0 Å². The van der Waals surface area contributed by atoms with Gasteiger partial charge in [-0.05, 0) is 12.1 Å². The maximum Gasteiger partial charge on any atom is 0.166 e. The van der Waals surface area contributed by atoms with Crippen LogP contribution in [0.4, 0.5) is 4.39 Å². The molecule has 0 atom stereocenters. The van der Waals surface area contributed by atoms with Crippen molar-refractivity contribution in [1.82, 2.24) is 14.8 Å². The molecule has 1 heterocycles. The molecule has 68 valence electrons. The van der Waals surface area contributed by atoms with Crippen LogP contribution in [0.3, 0.4) is 0 Å². The average Bonchev–Trinajstić information content (AvgIpc) is 2.71. The Morgan fingerprint density at radius 3 is 2.93 bits per heavy atom. The van der Waals surface area contributed by atoms with Gasteiger partial charge in [-0.1, -0.05) is 6.07 Å². The van der Waals surface area contributed by atoms with Crippen LogP contribution < -0.4 is 0 Å². The molecule has 4 nitrogen and oxygen atoms in total. The number of aromatic nitrogens is 3. The van der Waals surface area contributed by atoms with Crippen molar-refractivity contribution in [2.75, 3.05) is 0 Å². The molecule has 0 amide bonds. The fourth-order valence-electron chi connectivity index (χ4n) is 1.12. The quantitative estimate of drug-likeness (QED) is 0.677. The molecule has 1 aromatic heterocycles. The summed E-state index contributed by atoms with van der Waals surface area (Å²) < 4.78 is 14.8. The van der Waals surface area contributed by atoms with Crippen molar-refractivity contribution in [3.05, 3.63) is 42.2 Å². The van der Waals surface area contributed by atoms with Crippen LogP contribution in [0.15, 0.2) is 30.9 Å². The van der Waals surface area contributed by atoms with Crippen LogP contribution in [0.2, 0.25) is 0 Å². The number of nitrogens with zero attached hydrogens (tertiary/aromatic N) is 4. The topological polar surface area (TPSA) is 54.5 Å². The minimum atomic E-state index is -0.583. The maximum absolute atomic E-state index is 13.5. The predicted molar refractivity (Wildman–Crippen MR) is 46.0 cm³/mol. The predicted octanol–water partition coefficient (Wildman–Crippen LogP) is 1.28. The maximum atomic E-state index is 13.5. The Kier molecular flexibility index (Phi) is 1.95. The van der Waals surface area contributed by atoms with E-state index < -0.39 is 5.82 Å². The molecular formula is C9H5FN4. The monoisotopic (exact) mass is 188 g/mol. The van der Waals surface area contributed by atoms with Crippen LogP contribution in [-0.2, 0) is 0 Å². The van der Waals surface area contributed by atoms with Crippen molar-refractivity contribution in [3.63, 3.8) is 0 Å². The first-order valence-corrected chi connectivity index (χ1v) is 3.86. The SMILES string of the molecule is N#Cc1cccc(-n2cncn2)c1F. The normalized spacial score (nSPS) is 9.71. The summed E-state index contributed by atoms with van der Waals surface area (Å²) in [6.07, 6.45) is 2.68. The standard InChI is InChI=1S/C9H5FN4/c10-9-7(4-11)2-1-3-8(9)14-6-12-5-13-14/h1-3,5-6H. The van der Waals surface area contributed by atoms with E-state index >= 15 is 0 Å². The van der Waals surface area contributed by atoms with Gasteiger partial charge >= 0.3 is 0 Å². The van der Waals surface area contributed by atoms with Gasteiger partial charge in [0.05, 0.1) is 5.56 Å². The molecule has 0 aliphatic rings. The molecule has 5 heteroatoms. The van der Waals surface area contributed by atoms with Crippen LogP contribution in [0, 0.1) is 17.1 Å². The lowest BCUT2D eigenvalue weighted by atomic mass is 10.2. The first kappa shape index (κ1) is 8.38. The minimum Gasteiger partial charge on any atom is -0.223 e. The second kappa shape index (κ2) is 3.26. The fraction of sp³-hybridized carbons (Fsp3) is 0. The molecule has 14 heavy (non-hydrogen) atoms. The number of halogens is 1. The molecule has 0 radical (unpaired) electrons. The molecule has 0 spiro atoms. The van der Waals surface area contributed by atoms with Crippen molar-refractivity contribution < 1.29 is 4.39 Å². The van der Waals surface area contributed by atoms with Gasteiger partial charge < -0.3 is 0 Å². The highest BCUT2D eigenvalue weighted by Crippen LogP contribution is 2.14. The van der Waals surface area contributed by atoms with E-state index in [2.05, 4.69) is 10.1 Å². The van der Waals surface area contributed by atoms with Gasteiger partial charge in [-0.3, -0.25) is 0 Å². The lowest BCUT2D eigenvalue weighted by Crippen LogP contribution is -1.99. The summed E-state index contributed by atoms with van der Waals surface area (Å²) in [5, 5.41) is 12.4. The Morgan fingerprint density at radius 1 is 1.43 bits per heavy atom. The summed E-state index contributed by atoms with van der Waals surface area (Å²) in [5.41, 5.74) is 0.222. The number of hydrogen-bond donors (Lipinski definition) is 0. The fourth-order valence-corrected chi connectivity index (χ4v) is 1.12. The zero-order valence-corrected chi connectivity index (χ0v) is 7.05. The zero-order valence-electron chi connectivity index (χ0n) is 7.05. The van der Waals surface area contributed by atoms with E-state index in [4.69, 9.17) is 5.26 Å². The zero-order chi connectivity index (χ0) is 9.97. The third-order valence-corrected chi connectivity index (χ3v) is 1.76. The first-order valence-electron chi connectivity index (χ1n) is 3.86. The molecule has 0 bridgehead atoms. The number of hydrogen-bond acceptors (Lipinski definition) is 3. The lowest BCUT2D eigenvalue weighted by Gasteiger charge is -2.02. The average molecular weight is 188 g/mol. The van der Waals surface area contributed by atoms with E-state index in [9.17, 15) is 4.39 Å². The molecule has 0 N–H and O–H groups in total. The van der Waals surface area contributed by atoms with Gasteiger partial charge in [-0.2, -0.15) is 10.4 Å². The first-order chi connectivity index (χ1) is 6.83. The van der Waals surface area contributed by atoms with Crippen molar-refractivity contribution in [3.8, 4) is 11.8 Å². The van der Waals surface area contributed by atoms with Crippen LogP contribution in [0.1, 0.15) is 5.56 Å². The van der Waals surface area contributed by atoms with Gasteiger partial charge in [0, 0.05) is 0 Å². The van der Waals surface area contributed by atoms with E-state index in [0.29, 0.717) is 0 Å². The van der Waals surface area contributed by atoms with E-state index in [1.165, 1.54) is 29.5 Å². The van der Waals surface area contributed by atoms with Gasteiger partial charge in [-0.15, -0.1) is 0 Å². The van der Waals surface area contributed by atoms with Crippen molar-refractivity contribution >= 4 is 0 Å². The molecule has 0 fully saturated rings. The Morgan fingerprint density at radius 2 is 2.29 bits per heavy atom. The number of rotatable bonds is 1. The highest BCUT2D eigenvalue weighted by molar-refractivity contribution is 5.42. The molecular weight excluding hydrogens is 183 g/mol. The summed E-state index contributed by atoms with van der Waals surface area (Å²) in [6.45, 7) is 0. The number of nitriles is 1. The van der Waals surface area contributed by atoms with Crippen LogP contribution in [0.25, 0.3) is 5.69 Å². The molecule has 0 saturated carbocycles. The van der Waals surface area contributed by atoms with Crippen LogP contribution in [0.5, 0.6) is 0 Å². The van der Waals surface area contributed by atoms with E-state index in [1.54, 1.807) is 12.1 Å². The van der Waals surface area contributed by atoms with Gasteiger partial charge in [0.15, 0.2) is 5.82 Å². The van der Waals surface area contributed by atoms with Gasteiger partial charge in [0.25, 0.3) is 0 Å². The Hall–Kier alpha value is -2.22. The number of benzene rings is 1. The second-order valence-corrected chi connectivity index (χ2v) is 2.59. The molecule has 0 aliphatic carbocycles. The van der Waals surface area contributed by atoms with E-state index in [0.717, 1.165) is 0 Å². The third kappa shape index (κ3) is 1.23. The van der Waals surface area contributed by atoms with Crippen molar-refractivity contribution in [2.24, 2.45) is 0 Å². The summed E-state index contributed by atoms with van der Waals surface area (Å²) in [4.78, 5) is 3.70. The Bertz CT molecular complexity index is 484. The van der Waals surface area contributed by atoms with Gasteiger partial charge in [0.1, 0.15) is 24.4 Å². The third-order valence-electron chi connectivity index (χ3n) is 1.76. The lowest BCUT2D eigenvalue weighted by molar-refractivity contribution is 0.607. The molecule has 0 saturated heterocycles. The molecule has 2 rings (SSSR count). The van der Waals surface area contributed by atoms with Gasteiger partial charge in [-0.25, -0.2) is 14.1 Å². The summed E-state index contributed by atoms with van der Waals surface area (Å²) in [5.74, 6) is -0.583. The summed E-state index contributed by atoms with van der Waals surface area (Å²) in [7, 11) is 0. The van der Waals surface area contributed by atoms with Crippen molar-refractivity contribution in [1.29, 1.82) is 5.26 Å². The smallest absolute Gasteiger partial charge is 0.166 e. The summed E-state index contributed by atoms with van der Waals surface area (Å²) in [6, 6.07) is 6.30. The minimum absolute atomic E-state index is 0.00185. The van der Waals surface area contributed by atoms with Crippen LogP contribution >= 0.6 is 0 Å². The van der Waals surface area contributed by atoms with Crippen LogP contribution in [-0.4, -0.2) is 14.8 Å². The highest BCUT2D eigenvalue weighted by atomic mass is 19.1. The van der Waals surface area contributed by atoms with E-state index in [1.807, 2.05) is 0 Å². The van der Waals surface area contributed by atoms with Gasteiger partial charge in [0.2, 0.25) is 0 Å².